The first-order chi connectivity index (χ1) is 16.8. The van der Waals surface area contributed by atoms with E-state index in [1.54, 1.807) is 30.5 Å². The lowest BCUT2D eigenvalue weighted by Crippen LogP contribution is -2.24. The number of hydrogen-bond acceptors (Lipinski definition) is 5. The summed E-state index contributed by atoms with van der Waals surface area (Å²) in [4.78, 5) is 37.0. The Morgan fingerprint density at radius 1 is 1.06 bits per heavy atom. The van der Waals surface area contributed by atoms with Crippen LogP contribution in [0.25, 0.3) is 27.6 Å². The molecule has 176 valence electrons. The largest absolute Gasteiger partial charge is 0.454 e. The average Bonchev–Trinajstić information content (AvgIpc) is 3.42. The summed E-state index contributed by atoms with van der Waals surface area (Å²) in [6, 6.07) is 16.1. The van der Waals surface area contributed by atoms with Crippen molar-refractivity contribution in [3.8, 4) is 17.2 Å². The number of aromatic nitrogens is 3. The fourth-order valence-corrected chi connectivity index (χ4v) is 5.02. The SMILES string of the molecule is O=c1n(Cc2ccc(P(=O)(O)O)c(F)c2)c2c3ccc4c(c3ncc2n1-c1ccccc1)OCO4. The van der Waals surface area contributed by atoms with Gasteiger partial charge < -0.3 is 19.3 Å². The fraction of sp³-hybridized carbons (Fsp3) is 0.0833. The lowest BCUT2D eigenvalue weighted by atomic mass is 10.1. The van der Waals surface area contributed by atoms with Crippen LogP contribution in [-0.2, 0) is 11.1 Å². The zero-order chi connectivity index (χ0) is 24.3. The number of ether oxygens (including phenoxy) is 2. The van der Waals surface area contributed by atoms with E-state index in [-0.39, 0.29) is 19.0 Å². The monoisotopic (exact) mass is 493 g/mol. The second-order valence-corrected chi connectivity index (χ2v) is 9.63. The maximum atomic E-state index is 14.5. The van der Waals surface area contributed by atoms with Crippen LogP contribution in [0.2, 0.25) is 0 Å². The van der Waals surface area contributed by atoms with Gasteiger partial charge in [0.2, 0.25) is 6.79 Å². The third-order valence-electron chi connectivity index (χ3n) is 5.94. The first-order valence-corrected chi connectivity index (χ1v) is 12.2. The number of rotatable bonds is 4. The highest BCUT2D eigenvalue weighted by Gasteiger charge is 2.25. The van der Waals surface area contributed by atoms with E-state index in [9.17, 15) is 23.5 Å². The Bertz CT molecular complexity index is 1740. The summed E-state index contributed by atoms with van der Waals surface area (Å²) >= 11 is 0. The van der Waals surface area contributed by atoms with Gasteiger partial charge in [0.1, 0.15) is 11.3 Å². The van der Waals surface area contributed by atoms with Crippen LogP contribution in [0.4, 0.5) is 4.39 Å². The van der Waals surface area contributed by atoms with Crippen molar-refractivity contribution in [2.24, 2.45) is 0 Å². The van der Waals surface area contributed by atoms with Crippen LogP contribution >= 0.6 is 7.60 Å². The predicted octanol–water partition coefficient (Wildman–Crippen LogP) is 3.06. The standard InChI is InChI=1S/C24H17FN3O6P/c25-17-10-14(6-9-20(17)35(30,31)32)12-27-22-16-7-8-19-23(34-13-33-19)21(16)26-11-18(22)28(24(27)29)15-4-2-1-3-5-15/h1-11H,12-13H2,(H2,30,31,32). The lowest BCUT2D eigenvalue weighted by molar-refractivity contribution is 0.174. The Hall–Kier alpha value is -3.98. The van der Waals surface area contributed by atoms with E-state index in [0.717, 1.165) is 12.1 Å². The quantitative estimate of drug-likeness (QED) is 0.370. The average molecular weight is 493 g/mol. The minimum Gasteiger partial charge on any atom is -0.454 e. The molecule has 0 saturated carbocycles. The van der Waals surface area contributed by atoms with Gasteiger partial charge in [-0.25, -0.2) is 14.2 Å². The molecular weight excluding hydrogens is 476 g/mol. The summed E-state index contributed by atoms with van der Waals surface area (Å²) in [5.74, 6) is -0.00527. The van der Waals surface area contributed by atoms with Crippen molar-refractivity contribution >= 4 is 34.8 Å². The van der Waals surface area contributed by atoms with Crippen LogP contribution in [0, 0.1) is 5.82 Å². The summed E-state index contributed by atoms with van der Waals surface area (Å²) in [5, 5.41) is -0.0477. The summed E-state index contributed by atoms with van der Waals surface area (Å²) < 4.78 is 40.1. The van der Waals surface area contributed by atoms with Gasteiger partial charge in [-0.05, 0) is 42.0 Å². The van der Waals surface area contributed by atoms with Crippen molar-refractivity contribution in [2.75, 3.05) is 6.79 Å². The van der Waals surface area contributed by atoms with Crippen molar-refractivity contribution in [2.45, 2.75) is 6.54 Å². The maximum Gasteiger partial charge on any atom is 0.359 e. The molecule has 3 heterocycles. The van der Waals surface area contributed by atoms with Crippen LogP contribution in [0.15, 0.2) is 71.7 Å². The van der Waals surface area contributed by atoms with E-state index in [1.165, 1.54) is 15.2 Å². The topological polar surface area (TPSA) is 116 Å². The third kappa shape index (κ3) is 3.42. The zero-order valence-corrected chi connectivity index (χ0v) is 18.9. The number of hydrogen-bond donors (Lipinski definition) is 2. The van der Waals surface area contributed by atoms with Gasteiger partial charge in [0.05, 0.1) is 34.8 Å². The van der Waals surface area contributed by atoms with Crippen LogP contribution in [0.3, 0.4) is 0 Å². The summed E-state index contributed by atoms with van der Waals surface area (Å²) in [5.41, 5.74) is 2.24. The minimum atomic E-state index is -4.76. The second-order valence-electron chi connectivity index (χ2n) is 8.06. The van der Waals surface area contributed by atoms with Crippen molar-refractivity contribution in [1.29, 1.82) is 0 Å². The molecule has 9 nitrogen and oxygen atoms in total. The highest BCUT2D eigenvalue weighted by molar-refractivity contribution is 7.60. The molecule has 11 heteroatoms. The molecule has 3 aromatic carbocycles. The van der Waals surface area contributed by atoms with Crippen molar-refractivity contribution in [1.82, 2.24) is 14.1 Å². The van der Waals surface area contributed by atoms with E-state index in [4.69, 9.17) is 9.47 Å². The van der Waals surface area contributed by atoms with E-state index < -0.39 is 18.7 Å². The predicted molar refractivity (Wildman–Crippen MR) is 126 cm³/mol. The summed E-state index contributed by atoms with van der Waals surface area (Å²) in [6.07, 6.45) is 1.59. The molecule has 0 spiro atoms. The molecule has 0 saturated heterocycles. The molecule has 0 amide bonds. The maximum absolute atomic E-state index is 14.5. The Morgan fingerprint density at radius 3 is 2.60 bits per heavy atom. The van der Waals surface area contributed by atoms with Crippen molar-refractivity contribution in [3.05, 3.63) is 88.7 Å². The van der Waals surface area contributed by atoms with E-state index in [0.29, 0.717) is 44.7 Å². The number of para-hydroxylation sites is 1. The molecule has 0 fully saturated rings. The van der Waals surface area contributed by atoms with Gasteiger partial charge in [0.25, 0.3) is 0 Å². The number of benzene rings is 3. The summed E-state index contributed by atoms with van der Waals surface area (Å²) in [6.45, 7) is 0.0261. The molecule has 1 aliphatic heterocycles. The van der Waals surface area contributed by atoms with E-state index in [1.807, 2.05) is 18.2 Å². The number of imidazole rings is 1. The van der Waals surface area contributed by atoms with Crippen LogP contribution in [0.1, 0.15) is 5.56 Å². The molecule has 0 aliphatic carbocycles. The van der Waals surface area contributed by atoms with Crippen molar-refractivity contribution in [3.63, 3.8) is 0 Å². The van der Waals surface area contributed by atoms with Gasteiger partial charge in [-0.1, -0.05) is 24.3 Å². The molecule has 0 bridgehead atoms. The highest BCUT2D eigenvalue weighted by atomic mass is 31.2. The fourth-order valence-electron chi connectivity index (χ4n) is 4.41. The number of fused-ring (bicyclic) bond motifs is 5. The van der Waals surface area contributed by atoms with E-state index in [2.05, 4.69) is 4.98 Å². The van der Waals surface area contributed by atoms with Gasteiger partial charge in [-0.2, -0.15) is 0 Å². The zero-order valence-electron chi connectivity index (χ0n) is 18.0. The van der Waals surface area contributed by atoms with Gasteiger partial charge >= 0.3 is 13.3 Å². The van der Waals surface area contributed by atoms with Gasteiger partial charge in [-0.15, -0.1) is 0 Å². The molecule has 0 unspecified atom stereocenters. The molecule has 0 atom stereocenters. The molecule has 6 rings (SSSR count). The van der Waals surface area contributed by atoms with Crippen molar-refractivity contribution < 1.29 is 28.2 Å². The molecule has 0 radical (unpaired) electrons. The molecule has 2 aromatic heterocycles. The minimum absolute atomic E-state index is 0.0406. The smallest absolute Gasteiger partial charge is 0.359 e. The van der Waals surface area contributed by atoms with E-state index >= 15 is 0 Å². The Balaban J connectivity index is 1.62. The highest BCUT2D eigenvalue weighted by Crippen LogP contribution is 2.40. The Kier molecular flexibility index (Phi) is 4.79. The van der Waals surface area contributed by atoms with Gasteiger partial charge in [0.15, 0.2) is 11.5 Å². The van der Waals surface area contributed by atoms with Crippen LogP contribution in [0.5, 0.6) is 11.5 Å². The number of nitrogens with zero attached hydrogens (tertiary/aromatic N) is 3. The summed E-state index contributed by atoms with van der Waals surface area (Å²) in [7, 11) is -4.76. The van der Waals surface area contributed by atoms with Gasteiger partial charge in [-0.3, -0.25) is 13.7 Å². The number of pyridine rings is 1. The first-order valence-electron chi connectivity index (χ1n) is 10.6. The second kappa shape index (κ2) is 7.78. The molecule has 5 aromatic rings. The lowest BCUT2D eigenvalue weighted by Gasteiger charge is -2.10. The van der Waals surface area contributed by atoms with Crippen LogP contribution < -0.4 is 20.5 Å². The van der Waals surface area contributed by atoms with Crippen LogP contribution in [-0.4, -0.2) is 30.7 Å². The Morgan fingerprint density at radius 2 is 1.86 bits per heavy atom. The molecule has 35 heavy (non-hydrogen) atoms. The molecule has 1 aliphatic rings. The Labute approximate surface area is 196 Å². The van der Waals surface area contributed by atoms with Gasteiger partial charge in [0, 0.05) is 5.39 Å². The number of halogens is 1. The molecule has 2 N–H and O–H groups in total. The molecular formula is C24H17FN3O6P. The normalized spacial score (nSPS) is 13.1. The third-order valence-corrected chi connectivity index (χ3v) is 6.93. The first kappa shape index (κ1) is 21.5.